The average Bonchev–Trinajstić information content (AvgIpc) is 3.01. The lowest BCUT2D eigenvalue weighted by Gasteiger charge is -2.38. The Morgan fingerprint density at radius 2 is 1.90 bits per heavy atom. The van der Waals surface area contributed by atoms with Crippen LogP contribution >= 0.6 is 0 Å². The second-order valence-corrected chi connectivity index (χ2v) is 10.1. The number of ether oxygens (including phenoxy) is 1. The SMILES string of the molecule is C/C=C(\CC(C)CC(C)C)c1c(F)cccc1N1CCN(CC2CCCOCC2)CC1. The fourth-order valence-electron chi connectivity index (χ4n) is 5.41. The zero-order chi connectivity index (χ0) is 22.2. The molecule has 2 unspecified atom stereocenters. The number of benzene rings is 1. The fraction of sp³-hybridized carbons (Fsp3) is 0.704. The fourth-order valence-corrected chi connectivity index (χ4v) is 5.41. The first kappa shape index (κ1) is 24.3. The minimum atomic E-state index is -0.0803. The topological polar surface area (TPSA) is 15.7 Å². The highest BCUT2D eigenvalue weighted by Gasteiger charge is 2.24. The van der Waals surface area contributed by atoms with Crippen LogP contribution in [-0.2, 0) is 4.74 Å². The maximum atomic E-state index is 15.1. The summed E-state index contributed by atoms with van der Waals surface area (Å²) >= 11 is 0. The van der Waals surface area contributed by atoms with Crippen molar-refractivity contribution >= 4 is 11.3 Å². The van der Waals surface area contributed by atoms with Gasteiger partial charge in [0.25, 0.3) is 0 Å². The maximum Gasteiger partial charge on any atom is 0.132 e. The summed E-state index contributed by atoms with van der Waals surface area (Å²) in [5, 5.41) is 0. The van der Waals surface area contributed by atoms with E-state index >= 15 is 4.39 Å². The van der Waals surface area contributed by atoms with Gasteiger partial charge in [-0.3, -0.25) is 4.90 Å². The summed E-state index contributed by atoms with van der Waals surface area (Å²) in [4.78, 5) is 5.01. The molecule has 0 N–H and O–H groups in total. The van der Waals surface area contributed by atoms with Crippen LogP contribution in [0.4, 0.5) is 10.1 Å². The molecule has 2 atom stereocenters. The van der Waals surface area contributed by atoms with Crippen LogP contribution in [0.1, 0.15) is 65.4 Å². The minimum Gasteiger partial charge on any atom is -0.381 e. The zero-order valence-electron chi connectivity index (χ0n) is 20.2. The first-order valence-electron chi connectivity index (χ1n) is 12.5. The molecule has 0 aromatic heterocycles. The Labute approximate surface area is 189 Å². The van der Waals surface area contributed by atoms with E-state index in [9.17, 15) is 0 Å². The smallest absolute Gasteiger partial charge is 0.132 e. The predicted octanol–water partition coefficient (Wildman–Crippen LogP) is 6.24. The van der Waals surface area contributed by atoms with Crippen molar-refractivity contribution < 1.29 is 9.13 Å². The molecule has 174 valence electrons. The minimum absolute atomic E-state index is 0.0803. The summed E-state index contributed by atoms with van der Waals surface area (Å²) < 4.78 is 20.7. The van der Waals surface area contributed by atoms with Crippen LogP contribution in [0.3, 0.4) is 0 Å². The van der Waals surface area contributed by atoms with Crippen molar-refractivity contribution in [1.29, 1.82) is 0 Å². The highest BCUT2D eigenvalue weighted by molar-refractivity contribution is 5.77. The second-order valence-electron chi connectivity index (χ2n) is 10.1. The third kappa shape index (κ3) is 7.05. The van der Waals surface area contributed by atoms with E-state index in [-0.39, 0.29) is 5.82 Å². The van der Waals surface area contributed by atoms with Crippen LogP contribution in [0.2, 0.25) is 0 Å². The second kappa shape index (κ2) is 12.0. The van der Waals surface area contributed by atoms with Gasteiger partial charge in [0.1, 0.15) is 5.82 Å². The van der Waals surface area contributed by atoms with Gasteiger partial charge in [-0.15, -0.1) is 0 Å². The number of allylic oxidation sites excluding steroid dienone is 2. The number of halogens is 1. The molecular formula is C27H43FN2O. The van der Waals surface area contributed by atoms with Crippen LogP contribution in [0.15, 0.2) is 24.3 Å². The molecule has 0 bridgehead atoms. The molecule has 3 rings (SSSR count). The number of piperazine rings is 1. The van der Waals surface area contributed by atoms with Crippen molar-refractivity contribution in [2.45, 2.75) is 59.8 Å². The molecular weight excluding hydrogens is 387 g/mol. The van der Waals surface area contributed by atoms with E-state index in [4.69, 9.17) is 4.74 Å². The number of nitrogens with zero attached hydrogens (tertiary/aromatic N) is 2. The molecule has 31 heavy (non-hydrogen) atoms. The van der Waals surface area contributed by atoms with E-state index in [1.807, 2.05) is 6.07 Å². The number of hydrogen-bond acceptors (Lipinski definition) is 3. The van der Waals surface area contributed by atoms with Gasteiger partial charge in [0.15, 0.2) is 0 Å². The van der Waals surface area contributed by atoms with Crippen LogP contribution in [-0.4, -0.2) is 50.8 Å². The van der Waals surface area contributed by atoms with Crippen LogP contribution < -0.4 is 4.90 Å². The van der Waals surface area contributed by atoms with Gasteiger partial charge in [0.2, 0.25) is 0 Å². The Kier molecular flexibility index (Phi) is 9.40. The average molecular weight is 431 g/mol. The molecule has 2 fully saturated rings. The Hall–Kier alpha value is -1.39. The molecule has 1 aromatic carbocycles. The van der Waals surface area contributed by atoms with E-state index in [0.717, 1.165) is 68.6 Å². The highest BCUT2D eigenvalue weighted by atomic mass is 19.1. The lowest BCUT2D eigenvalue weighted by Crippen LogP contribution is -2.48. The van der Waals surface area contributed by atoms with Gasteiger partial charge in [0.05, 0.1) is 0 Å². The van der Waals surface area contributed by atoms with Gasteiger partial charge in [-0.05, 0) is 74.5 Å². The van der Waals surface area contributed by atoms with E-state index in [0.29, 0.717) is 11.8 Å². The largest absolute Gasteiger partial charge is 0.381 e. The third-order valence-electron chi connectivity index (χ3n) is 6.90. The first-order chi connectivity index (χ1) is 15.0. The van der Waals surface area contributed by atoms with Gasteiger partial charge in [-0.1, -0.05) is 32.9 Å². The lowest BCUT2D eigenvalue weighted by molar-refractivity contribution is 0.137. The van der Waals surface area contributed by atoms with E-state index in [1.54, 1.807) is 6.07 Å². The molecule has 2 aliphatic heterocycles. The van der Waals surface area contributed by atoms with Crippen molar-refractivity contribution in [2.75, 3.05) is 50.8 Å². The predicted molar refractivity (Wildman–Crippen MR) is 130 cm³/mol. The molecule has 0 spiro atoms. The van der Waals surface area contributed by atoms with Gasteiger partial charge in [-0.2, -0.15) is 0 Å². The number of hydrogen-bond donors (Lipinski definition) is 0. The molecule has 2 heterocycles. The highest BCUT2D eigenvalue weighted by Crippen LogP contribution is 2.35. The molecule has 4 heteroatoms. The van der Waals surface area contributed by atoms with Crippen LogP contribution in [0.5, 0.6) is 0 Å². The summed E-state index contributed by atoms with van der Waals surface area (Å²) in [5.41, 5.74) is 3.06. The van der Waals surface area contributed by atoms with Gasteiger partial charge in [0, 0.05) is 57.2 Å². The molecule has 3 nitrogen and oxygen atoms in total. The summed E-state index contributed by atoms with van der Waals surface area (Å²) in [6, 6.07) is 5.62. The quantitative estimate of drug-likeness (QED) is 0.485. The van der Waals surface area contributed by atoms with E-state index in [1.165, 1.54) is 32.2 Å². The Bertz CT molecular complexity index is 701. The third-order valence-corrected chi connectivity index (χ3v) is 6.90. The lowest BCUT2D eigenvalue weighted by atomic mass is 9.88. The summed E-state index contributed by atoms with van der Waals surface area (Å²) in [6.45, 7) is 16.0. The van der Waals surface area contributed by atoms with Gasteiger partial charge in [-0.25, -0.2) is 4.39 Å². The van der Waals surface area contributed by atoms with Crippen molar-refractivity contribution in [3.63, 3.8) is 0 Å². The Morgan fingerprint density at radius 3 is 2.61 bits per heavy atom. The molecule has 2 aliphatic rings. The van der Waals surface area contributed by atoms with Gasteiger partial charge < -0.3 is 9.64 Å². The Balaban J connectivity index is 1.66. The molecule has 0 aliphatic carbocycles. The molecule has 2 saturated heterocycles. The summed E-state index contributed by atoms with van der Waals surface area (Å²) in [5.74, 6) is 1.90. The molecule has 0 radical (unpaired) electrons. The Morgan fingerprint density at radius 1 is 1.13 bits per heavy atom. The van der Waals surface area contributed by atoms with E-state index < -0.39 is 0 Å². The first-order valence-corrected chi connectivity index (χ1v) is 12.5. The van der Waals surface area contributed by atoms with Crippen molar-refractivity contribution in [3.05, 3.63) is 35.7 Å². The monoisotopic (exact) mass is 430 g/mol. The molecule has 0 amide bonds. The summed E-state index contributed by atoms with van der Waals surface area (Å²) in [7, 11) is 0. The number of rotatable bonds is 8. The molecule has 0 saturated carbocycles. The normalized spacial score (nSPS) is 22.6. The number of anilines is 1. The van der Waals surface area contributed by atoms with Crippen molar-refractivity contribution in [3.8, 4) is 0 Å². The van der Waals surface area contributed by atoms with E-state index in [2.05, 4.69) is 49.6 Å². The summed E-state index contributed by atoms with van der Waals surface area (Å²) in [6.07, 6.45) is 7.90. The van der Waals surface area contributed by atoms with Crippen LogP contribution in [0, 0.1) is 23.6 Å². The maximum absolute atomic E-state index is 15.1. The standard InChI is InChI=1S/C27H43FN2O/c1-5-24(19-22(4)18-21(2)3)27-25(28)9-6-10-26(27)30-14-12-29(13-15-30)20-23-8-7-16-31-17-11-23/h5-6,9-10,21-23H,7-8,11-20H2,1-4H3/b24-5+. The van der Waals surface area contributed by atoms with Crippen LogP contribution in [0.25, 0.3) is 5.57 Å². The zero-order valence-corrected chi connectivity index (χ0v) is 20.2. The van der Waals surface area contributed by atoms with Crippen molar-refractivity contribution in [2.24, 2.45) is 17.8 Å². The van der Waals surface area contributed by atoms with Gasteiger partial charge >= 0.3 is 0 Å². The van der Waals surface area contributed by atoms with Crippen molar-refractivity contribution in [1.82, 2.24) is 4.90 Å². The molecule has 1 aromatic rings.